The number of ether oxygens (including phenoxy) is 1. The first-order valence-electron chi connectivity index (χ1n) is 3.80. The predicted octanol–water partition coefficient (Wildman–Crippen LogP) is 0.787. The van der Waals surface area contributed by atoms with Gasteiger partial charge in [0.1, 0.15) is 0 Å². The molecule has 0 aliphatic rings. The quantitative estimate of drug-likeness (QED) is 0.449. The summed E-state index contributed by atoms with van der Waals surface area (Å²) in [5, 5.41) is 0. The summed E-state index contributed by atoms with van der Waals surface area (Å²) >= 11 is 0. The summed E-state index contributed by atoms with van der Waals surface area (Å²) in [6.45, 7) is 0. The van der Waals surface area contributed by atoms with Crippen LogP contribution in [-0.4, -0.2) is 12.0 Å². The zero-order valence-corrected chi connectivity index (χ0v) is 7.34. The monoisotopic (exact) mass is 220 g/mol. The molecule has 0 saturated carbocycles. The van der Waals surface area contributed by atoms with E-state index >= 15 is 0 Å². The van der Waals surface area contributed by atoms with Crippen LogP contribution in [0.2, 0.25) is 0 Å². The van der Waals surface area contributed by atoms with E-state index in [1.165, 1.54) is 17.6 Å². The number of nitrogens with two attached hydrogens (primary N) is 1. The van der Waals surface area contributed by atoms with E-state index < -0.39 is 23.6 Å². The molecule has 0 unspecified atom stereocenters. The first kappa shape index (κ1) is 11.3. The largest absolute Gasteiger partial charge is 0.483 e. The van der Waals surface area contributed by atoms with E-state index in [1.807, 2.05) is 0 Å². The minimum atomic E-state index is -4.21. The molecule has 15 heavy (non-hydrogen) atoms. The van der Waals surface area contributed by atoms with Crippen LogP contribution < -0.4 is 16.0 Å². The molecule has 1 rings (SSSR count). The maximum absolute atomic E-state index is 12.9. The van der Waals surface area contributed by atoms with Crippen LogP contribution in [0.5, 0.6) is 5.75 Å². The molecule has 4 nitrogen and oxygen atoms in total. The second-order valence-corrected chi connectivity index (χ2v) is 2.52. The number of rotatable bonds is 3. The summed E-state index contributed by atoms with van der Waals surface area (Å²) in [5.41, 5.74) is 1.21. The number of carbonyl (C=O) groups is 1. The van der Waals surface area contributed by atoms with Gasteiger partial charge in [-0.25, -0.2) is 10.2 Å². The SMILES string of the molecule is NNC(=O)C(F)(F)Oc1ccccc1F. The van der Waals surface area contributed by atoms with Gasteiger partial charge in [-0.15, -0.1) is 0 Å². The summed E-state index contributed by atoms with van der Waals surface area (Å²) in [4.78, 5) is 10.5. The number of nitrogens with one attached hydrogen (secondary N) is 1. The van der Waals surface area contributed by atoms with Gasteiger partial charge < -0.3 is 4.74 Å². The molecule has 0 radical (unpaired) electrons. The van der Waals surface area contributed by atoms with Crippen molar-refractivity contribution in [1.82, 2.24) is 5.43 Å². The summed E-state index contributed by atoms with van der Waals surface area (Å²) in [6, 6.07) is 4.47. The molecule has 0 aliphatic heterocycles. The molecule has 0 fully saturated rings. The number of hydrogen-bond donors (Lipinski definition) is 2. The Bertz CT molecular complexity index is 371. The lowest BCUT2D eigenvalue weighted by Crippen LogP contribution is -2.47. The number of alkyl halides is 2. The minimum absolute atomic E-state index is 0.730. The van der Waals surface area contributed by atoms with Gasteiger partial charge in [-0.1, -0.05) is 12.1 Å². The lowest BCUT2D eigenvalue weighted by atomic mass is 10.3. The highest BCUT2D eigenvalue weighted by molar-refractivity contribution is 5.81. The van der Waals surface area contributed by atoms with Gasteiger partial charge in [0.05, 0.1) is 0 Å². The average Bonchev–Trinajstić information content (AvgIpc) is 2.20. The molecule has 82 valence electrons. The maximum Gasteiger partial charge on any atom is 0.483 e. The Kier molecular flexibility index (Phi) is 3.15. The fourth-order valence-corrected chi connectivity index (χ4v) is 0.796. The van der Waals surface area contributed by atoms with Crippen LogP contribution in [0.4, 0.5) is 13.2 Å². The van der Waals surface area contributed by atoms with Crippen molar-refractivity contribution >= 4 is 5.91 Å². The number of amides is 1. The third-order valence-corrected chi connectivity index (χ3v) is 1.47. The van der Waals surface area contributed by atoms with Crippen molar-refractivity contribution in [2.24, 2.45) is 5.84 Å². The Morgan fingerprint density at radius 1 is 1.40 bits per heavy atom. The van der Waals surface area contributed by atoms with E-state index in [1.54, 1.807) is 0 Å². The Labute approximate surface area is 82.8 Å². The topological polar surface area (TPSA) is 64.3 Å². The second-order valence-electron chi connectivity index (χ2n) is 2.52. The van der Waals surface area contributed by atoms with Crippen LogP contribution in [0.1, 0.15) is 0 Å². The van der Waals surface area contributed by atoms with Gasteiger partial charge in [0, 0.05) is 0 Å². The van der Waals surface area contributed by atoms with Gasteiger partial charge in [0.2, 0.25) is 0 Å². The van der Waals surface area contributed by atoms with Crippen molar-refractivity contribution in [2.45, 2.75) is 6.11 Å². The standard InChI is InChI=1S/C8H7F3N2O2/c9-5-3-1-2-4-6(5)15-8(10,11)7(14)13-12/h1-4H,12H2,(H,13,14). The molecule has 0 spiro atoms. The third kappa shape index (κ3) is 2.59. The molecule has 0 aliphatic carbocycles. The van der Waals surface area contributed by atoms with E-state index in [9.17, 15) is 18.0 Å². The van der Waals surface area contributed by atoms with Crippen molar-refractivity contribution in [2.75, 3.05) is 0 Å². The van der Waals surface area contributed by atoms with Crippen LogP contribution in [0.25, 0.3) is 0 Å². The Morgan fingerprint density at radius 3 is 2.53 bits per heavy atom. The minimum Gasteiger partial charge on any atom is -0.422 e. The molecular formula is C8H7F3N2O2. The van der Waals surface area contributed by atoms with Gasteiger partial charge >= 0.3 is 12.0 Å². The van der Waals surface area contributed by atoms with Crippen molar-refractivity contribution in [3.05, 3.63) is 30.1 Å². The number of hydrogen-bond acceptors (Lipinski definition) is 3. The molecule has 7 heteroatoms. The van der Waals surface area contributed by atoms with Crippen molar-refractivity contribution < 1.29 is 22.7 Å². The molecule has 1 aromatic carbocycles. The summed E-state index contributed by atoms with van der Waals surface area (Å²) in [6.07, 6.45) is -4.21. The Balaban J connectivity index is 2.86. The fourth-order valence-electron chi connectivity index (χ4n) is 0.796. The zero-order valence-electron chi connectivity index (χ0n) is 7.34. The number of benzene rings is 1. The molecule has 0 aromatic heterocycles. The predicted molar refractivity (Wildman–Crippen MR) is 44.3 cm³/mol. The molecule has 3 N–H and O–H groups in total. The van der Waals surface area contributed by atoms with Gasteiger partial charge in [0.25, 0.3) is 0 Å². The Morgan fingerprint density at radius 2 is 2.00 bits per heavy atom. The molecule has 1 amide bonds. The highest BCUT2D eigenvalue weighted by Crippen LogP contribution is 2.23. The molecule has 0 bridgehead atoms. The fraction of sp³-hybridized carbons (Fsp3) is 0.125. The van der Waals surface area contributed by atoms with E-state index in [2.05, 4.69) is 10.6 Å². The van der Waals surface area contributed by atoms with Crippen LogP contribution in [0.15, 0.2) is 24.3 Å². The number of carbonyl (C=O) groups excluding carboxylic acids is 1. The van der Waals surface area contributed by atoms with Crippen LogP contribution in [0, 0.1) is 5.82 Å². The van der Waals surface area contributed by atoms with Gasteiger partial charge in [-0.2, -0.15) is 8.78 Å². The Hall–Kier alpha value is -1.76. The number of halogens is 3. The summed E-state index contributed by atoms with van der Waals surface area (Å²) in [5.74, 6) is 0.912. The first-order chi connectivity index (χ1) is 6.97. The van der Waals surface area contributed by atoms with Gasteiger partial charge in [-0.3, -0.25) is 10.2 Å². The molecule has 0 heterocycles. The van der Waals surface area contributed by atoms with E-state index in [0.717, 1.165) is 12.1 Å². The van der Waals surface area contributed by atoms with Crippen LogP contribution in [0.3, 0.4) is 0 Å². The number of hydrazine groups is 1. The average molecular weight is 220 g/mol. The molecule has 0 saturated heterocycles. The van der Waals surface area contributed by atoms with E-state index in [4.69, 9.17) is 0 Å². The van der Waals surface area contributed by atoms with Crippen molar-refractivity contribution in [3.8, 4) is 5.75 Å². The van der Waals surface area contributed by atoms with Crippen molar-refractivity contribution in [1.29, 1.82) is 0 Å². The molecule has 1 aromatic rings. The van der Waals surface area contributed by atoms with Gasteiger partial charge in [-0.05, 0) is 12.1 Å². The van der Waals surface area contributed by atoms with Gasteiger partial charge in [0.15, 0.2) is 11.6 Å². The zero-order chi connectivity index (χ0) is 11.5. The highest BCUT2D eigenvalue weighted by atomic mass is 19.3. The first-order valence-corrected chi connectivity index (χ1v) is 3.80. The lowest BCUT2D eigenvalue weighted by molar-refractivity contribution is -0.193. The smallest absolute Gasteiger partial charge is 0.422 e. The second kappa shape index (κ2) is 4.18. The third-order valence-electron chi connectivity index (χ3n) is 1.47. The summed E-state index contributed by atoms with van der Waals surface area (Å²) < 4.78 is 42.4. The van der Waals surface area contributed by atoms with Crippen LogP contribution in [-0.2, 0) is 4.79 Å². The lowest BCUT2D eigenvalue weighted by Gasteiger charge is -2.15. The normalized spacial score (nSPS) is 10.9. The molecule has 0 atom stereocenters. The van der Waals surface area contributed by atoms with E-state index in [-0.39, 0.29) is 0 Å². The maximum atomic E-state index is 12.9. The van der Waals surface area contributed by atoms with Crippen LogP contribution >= 0.6 is 0 Å². The summed E-state index contributed by atoms with van der Waals surface area (Å²) in [7, 11) is 0. The highest BCUT2D eigenvalue weighted by Gasteiger charge is 2.42. The van der Waals surface area contributed by atoms with Crippen molar-refractivity contribution in [3.63, 3.8) is 0 Å². The number of para-hydroxylation sites is 1. The molecular weight excluding hydrogens is 213 g/mol. The van der Waals surface area contributed by atoms with E-state index in [0.29, 0.717) is 0 Å².